The van der Waals surface area contributed by atoms with Gasteiger partial charge >= 0.3 is 0 Å². The van der Waals surface area contributed by atoms with E-state index in [2.05, 4.69) is 19.2 Å². The molecule has 4 aromatic rings. The summed E-state index contributed by atoms with van der Waals surface area (Å²) in [5.74, 6) is 0.461. The third-order valence-electron chi connectivity index (χ3n) is 4.64. The normalized spacial score (nSPS) is 11.4. The molecule has 0 spiro atoms. The number of hydrogen-bond donors (Lipinski definition) is 2. The summed E-state index contributed by atoms with van der Waals surface area (Å²) in [5, 5.41) is 2.95. The van der Waals surface area contributed by atoms with E-state index in [1.54, 1.807) is 0 Å². The number of nitrogens with two attached hydrogens (primary N) is 1. The quantitative estimate of drug-likeness (QED) is 0.556. The monoisotopic (exact) mass is 373 g/mol. The highest BCUT2D eigenvalue weighted by molar-refractivity contribution is 6.16. The number of aromatic nitrogens is 3. The third-order valence-corrected chi connectivity index (χ3v) is 4.64. The van der Waals surface area contributed by atoms with Crippen molar-refractivity contribution in [3.8, 4) is 0 Å². The predicted molar refractivity (Wildman–Crippen MR) is 113 cm³/mol. The minimum Gasteiger partial charge on any atom is -0.384 e. The highest BCUT2D eigenvalue weighted by Gasteiger charge is 2.24. The molecule has 0 atom stereocenters. The second kappa shape index (κ2) is 6.96. The van der Waals surface area contributed by atoms with Gasteiger partial charge in [0, 0.05) is 12.2 Å². The van der Waals surface area contributed by atoms with Gasteiger partial charge < -0.3 is 15.6 Å². The van der Waals surface area contributed by atoms with Crippen molar-refractivity contribution in [2.75, 3.05) is 11.1 Å². The average molecular weight is 373 g/mol. The van der Waals surface area contributed by atoms with Crippen LogP contribution in [0.5, 0.6) is 0 Å². The number of fused-ring (bicyclic) bond motifs is 2. The summed E-state index contributed by atoms with van der Waals surface area (Å²) in [7, 11) is 0. The molecule has 0 aliphatic rings. The number of nitrogens with one attached hydrogen (secondary N) is 1. The second-order valence-electron chi connectivity index (χ2n) is 7.47. The van der Waals surface area contributed by atoms with Crippen molar-refractivity contribution in [3.63, 3.8) is 0 Å². The van der Waals surface area contributed by atoms with Crippen molar-refractivity contribution in [3.05, 3.63) is 59.7 Å². The number of nitrogens with zero attached hydrogens (tertiary/aromatic N) is 3. The number of anilines is 2. The molecule has 142 valence electrons. The van der Waals surface area contributed by atoms with Gasteiger partial charge in [0.1, 0.15) is 16.9 Å². The summed E-state index contributed by atoms with van der Waals surface area (Å²) in [4.78, 5) is 22.6. The number of para-hydroxylation sites is 2. The summed E-state index contributed by atoms with van der Waals surface area (Å²) in [5.41, 5.74) is 11.3. The number of carbonyl (C=O) groups excluding carboxylic acids is 1. The van der Waals surface area contributed by atoms with Crippen LogP contribution in [0, 0.1) is 12.8 Å². The zero-order chi connectivity index (χ0) is 19.8. The molecule has 6 nitrogen and oxygen atoms in total. The minimum atomic E-state index is -0.278. The maximum Gasteiger partial charge on any atom is 0.261 e. The summed E-state index contributed by atoms with van der Waals surface area (Å²) in [6.45, 7) is 6.85. The molecule has 2 aromatic heterocycles. The summed E-state index contributed by atoms with van der Waals surface area (Å²) < 4.78 is 1.89. The molecule has 6 heteroatoms. The molecule has 0 bridgehead atoms. The summed E-state index contributed by atoms with van der Waals surface area (Å²) in [6.07, 6.45) is 0. The molecule has 0 saturated carbocycles. The van der Waals surface area contributed by atoms with Crippen molar-refractivity contribution in [2.45, 2.75) is 27.3 Å². The lowest BCUT2D eigenvalue weighted by Gasteiger charge is -2.10. The van der Waals surface area contributed by atoms with Crippen LogP contribution in [-0.4, -0.2) is 20.4 Å². The van der Waals surface area contributed by atoms with Gasteiger partial charge in [-0.1, -0.05) is 38.1 Å². The molecule has 1 amide bonds. The third kappa shape index (κ3) is 3.17. The van der Waals surface area contributed by atoms with Crippen LogP contribution in [0.2, 0.25) is 0 Å². The lowest BCUT2D eigenvalue weighted by Crippen LogP contribution is -2.15. The van der Waals surface area contributed by atoms with Gasteiger partial charge in [0.2, 0.25) is 0 Å². The van der Waals surface area contributed by atoms with Crippen molar-refractivity contribution in [2.24, 2.45) is 5.92 Å². The smallest absolute Gasteiger partial charge is 0.261 e. The zero-order valence-corrected chi connectivity index (χ0v) is 16.2. The first kappa shape index (κ1) is 18.0. The average Bonchev–Trinajstić information content (AvgIpc) is 2.90. The Bertz CT molecular complexity index is 1190. The Hall–Kier alpha value is -3.41. The molecule has 28 heavy (non-hydrogen) atoms. The number of nitrogen functional groups attached to an aromatic ring is 1. The molecule has 3 N–H and O–H groups in total. The SMILES string of the molecule is Cc1cccc(NC(=O)c2c(N)n(CC(C)C)c3nc4ccccc4nc23)c1. The lowest BCUT2D eigenvalue weighted by atomic mass is 10.2. The van der Waals surface area contributed by atoms with Crippen LogP contribution in [0.3, 0.4) is 0 Å². The van der Waals surface area contributed by atoms with Crippen molar-refractivity contribution >= 4 is 39.6 Å². The van der Waals surface area contributed by atoms with Gasteiger partial charge in [0.15, 0.2) is 5.65 Å². The summed E-state index contributed by atoms with van der Waals surface area (Å²) >= 11 is 0. The van der Waals surface area contributed by atoms with E-state index in [0.717, 1.165) is 22.3 Å². The highest BCUT2D eigenvalue weighted by Crippen LogP contribution is 2.29. The highest BCUT2D eigenvalue weighted by atomic mass is 16.1. The van der Waals surface area contributed by atoms with E-state index in [0.29, 0.717) is 35.0 Å². The van der Waals surface area contributed by atoms with Crippen LogP contribution in [-0.2, 0) is 6.54 Å². The molecule has 0 radical (unpaired) electrons. The Labute approximate surface area is 163 Å². The molecule has 4 rings (SSSR count). The lowest BCUT2D eigenvalue weighted by molar-refractivity contribution is 0.102. The Morgan fingerprint density at radius 2 is 1.82 bits per heavy atom. The first-order chi connectivity index (χ1) is 13.4. The van der Waals surface area contributed by atoms with E-state index >= 15 is 0 Å². The van der Waals surface area contributed by atoms with E-state index < -0.39 is 0 Å². The van der Waals surface area contributed by atoms with E-state index in [9.17, 15) is 4.79 Å². The van der Waals surface area contributed by atoms with Crippen LogP contribution in [0.1, 0.15) is 29.8 Å². The van der Waals surface area contributed by atoms with Crippen LogP contribution < -0.4 is 11.1 Å². The molecular weight excluding hydrogens is 350 g/mol. The maximum atomic E-state index is 13.1. The van der Waals surface area contributed by atoms with E-state index in [4.69, 9.17) is 15.7 Å². The maximum absolute atomic E-state index is 13.1. The molecular formula is C22H23N5O. The molecule has 0 aliphatic carbocycles. The fraction of sp³-hybridized carbons (Fsp3) is 0.227. The zero-order valence-electron chi connectivity index (χ0n) is 16.2. The molecule has 0 aliphatic heterocycles. The van der Waals surface area contributed by atoms with Gasteiger partial charge in [-0.25, -0.2) is 9.97 Å². The van der Waals surface area contributed by atoms with Gasteiger partial charge in [0.05, 0.1) is 11.0 Å². The topological polar surface area (TPSA) is 85.8 Å². The first-order valence-electron chi connectivity index (χ1n) is 9.36. The molecule has 0 fully saturated rings. The minimum absolute atomic E-state index is 0.278. The number of benzene rings is 2. The van der Waals surface area contributed by atoms with Gasteiger partial charge in [0.25, 0.3) is 5.91 Å². The number of hydrogen-bond acceptors (Lipinski definition) is 4. The number of carbonyl (C=O) groups is 1. The van der Waals surface area contributed by atoms with Crippen LogP contribution in [0.25, 0.3) is 22.2 Å². The predicted octanol–water partition coefficient (Wildman–Crippen LogP) is 4.38. The fourth-order valence-electron chi connectivity index (χ4n) is 3.41. The largest absolute Gasteiger partial charge is 0.384 e. The Morgan fingerprint density at radius 3 is 2.50 bits per heavy atom. The molecule has 0 saturated heterocycles. The van der Waals surface area contributed by atoms with E-state index in [1.165, 1.54) is 0 Å². The van der Waals surface area contributed by atoms with Gasteiger partial charge in [-0.2, -0.15) is 0 Å². The van der Waals surface area contributed by atoms with Crippen molar-refractivity contribution in [1.82, 2.24) is 14.5 Å². The fourth-order valence-corrected chi connectivity index (χ4v) is 3.41. The Kier molecular flexibility index (Phi) is 4.47. The Morgan fingerprint density at radius 1 is 1.11 bits per heavy atom. The first-order valence-corrected chi connectivity index (χ1v) is 9.36. The van der Waals surface area contributed by atoms with Crippen LogP contribution in [0.15, 0.2) is 48.5 Å². The van der Waals surface area contributed by atoms with Gasteiger partial charge in [-0.05, 0) is 42.7 Å². The second-order valence-corrected chi connectivity index (χ2v) is 7.47. The van der Waals surface area contributed by atoms with Gasteiger partial charge in [-0.15, -0.1) is 0 Å². The summed E-state index contributed by atoms with van der Waals surface area (Å²) in [6, 6.07) is 15.3. The Balaban J connectivity index is 1.89. The van der Waals surface area contributed by atoms with Crippen molar-refractivity contribution < 1.29 is 4.79 Å². The molecule has 2 aromatic carbocycles. The number of aryl methyl sites for hydroxylation is 1. The van der Waals surface area contributed by atoms with E-state index in [-0.39, 0.29) is 5.91 Å². The van der Waals surface area contributed by atoms with Crippen molar-refractivity contribution in [1.29, 1.82) is 0 Å². The number of amides is 1. The standard InChI is InChI=1S/C22H23N5O/c1-13(2)12-27-20(23)18(22(28)24-15-8-6-7-14(3)11-15)19-21(27)26-17-10-5-4-9-16(17)25-19/h4-11,13H,12,23H2,1-3H3,(H,24,28). The van der Waals surface area contributed by atoms with Crippen LogP contribution in [0.4, 0.5) is 11.5 Å². The van der Waals surface area contributed by atoms with E-state index in [1.807, 2.05) is 60.0 Å². The number of rotatable bonds is 4. The van der Waals surface area contributed by atoms with Crippen LogP contribution >= 0.6 is 0 Å². The molecule has 0 unspecified atom stereocenters. The van der Waals surface area contributed by atoms with Gasteiger partial charge in [-0.3, -0.25) is 4.79 Å². The molecule has 2 heterocycles.